The molecule has 0 aliphatic rings. The van der Waals surface area contributed by atoms with Crippen LogP contribution in [-0.2, 0) is 4.79 Å². The molecule has 0 fully saturated rings. The second kappa shape index (κ2) is 3.18. The maximum Gasteiger partial charge on any atom is 0.210 e. The Hall–Kier alpha value is -1.32. The number of imidazole rings is 1. The summed E-state index contributed by atoms with van der Waals surface area (Å²) in [7, 11) is 1.72. The van der Waals surface area contributed by atoms with Crippen molar-refractivity contribution in [1.82, 2.24) is 14.9 Å². The summed E-state index contributed by atoms with van der Waals surface area (Å²) in [5.74, 6) is 0.805. The Labute approximate surface area is 65.2 Å². The van der Waals surface area contributed by atoms with E-state index < -0.39 is 0 Å². The van der Waals surface area contributed by atoms with Crippen molar-refractivity contribution in [1.29, 1.82) is 0 Å². The molecule has 0 radical (unpaired) electrons. The Balaban J connectivity index is 2.69. The van der Waals surface area contributed by atoms with Gasteiger partial charge in [0.05, 0.1) is 6.04 Å². The molecule has 0 aliphatic heterocycles. The zero-order valence-corrected chi connectivity index (χ0v) is 6.61. The van der Waals surface area contributed by atoms with E-state index in [0.29, 0.717) is 0 Å². The third kappa shape index (κ3) is 1.58. The lowest BCUT2D eigenvalue weighted by atomic mass is 10.3. The first-order chi connectivity index (χ1) is 5.25. The highest BCUT2D eigenvalue weighted by Gasteiger charge is 2.10. The van der Waals surface area contributed by atoms with Gasteiger partial charge in [0.1, 0.15) is 5.82 Å². The Morgan fingerprint density at radius 1 is 1.82 bits per heavy atom. The van der Waals surface area contributed by atoms with Crippen LogP contribution in [0.15, 0.2) is 12.4 Å². The summed E-state index contributed by atoms with van der Waals surface area (Å²) < 4.78 is 0. The van der Waals surface area contributed by atoms with Gasteiger partial charge in [0, 0.05) is 19.4 Å². The van der Waals surface area contributed by atoms with Crippen molar-refractivity contribution in [2.24, 2.45) is 0 Å². The van der Waals surface area contributed by atoms with Gasteiger partial charge in [-0.3, -0.25) is 4.79 Å². The minimum absolute atomic E-state index is 0.0162. The molecule has 0 aromatic carbocycles. The predicted octanol–water partition coefficient (Wildman–Crippen LogP) is 0.559. The number of aromatic nitrogens is 2. The molecule has 1 rings (SSSR count). The molecule has 0 saturated heterocycles. The number of rotatable bonds is 3. The lowest BCUT2D eigenvalue weighted by Gasteiger charge is -2.17. The molecule has 0 aliphatic carbocycles. The highest BCUT2D eigenvalue weighted by Crippen LogP contribution is 2.10. The monoisotopic (exact) mass is 153 g/mol. The van der Waals surface area contributed by atoms with Gasteiger partial charge in [0.25, 0.3) is 0 Å². The zero-order chi connectivity index (χ0) is 8.27. The van der Waals surface area contributed by atoms with Crippen LogP contribution in [0.5, 0.6) is 0 Å². The maximum absolute atomic E-state index is 10.3. The lowest BCUT2D eigenvalue weighted by molar-refractivity contribution is -0.118. The van der Waals surface area contributed by atoms with Gasteiger partial charge in [-0.05, 0) is 6.92 Å². The van der Waals surface area contributed by atoms with Crippen molar-refractivity contribution in [3.63, 3.8) is 0 Å². The van der Waals surface area contributed by atoms with Crippen molar-refractivity contribution in [3.8, 4) is 0 Å². The fourth-order valence-electron chi connectivity index (χ4n) is 0.790. The average Bonchev–Trinajstić information content (AvgIpc) is 2.53. The second-order valence-electron chi connectivity index (χ2n) is 2.42. The fraction of sp³-hybridized carbons (Fsp3) is 0.429. The van der Waals surface area contributed by atoms with E-state index >= 15 is 0 Å². The molecular weight excluding hydrogens is 142 g/mol. The summed E-state index contributed by atoms with van der Waals surface area (Å²) in [6.45, 7) is 1.91. The van der Waals surface area contributed by atoms with Crippen LogP contribution in [0.3, 0.4) is 0 Å². The molecule has 60 valence electrons. The summed E-state index contributed by atoms with van der Waals surface area (Å²) in [4.78, 5) is 18.8. The Bertz CT molecular complexity index is 220. The number of carbonyl (C=O) groups is 1. The van der Waals surface area contributed by atoms with Crippen LogP contribution in [-0.4, -0.2) is 28.3 Å². The lowest BCUT2D eigenvalue weighted by Crippen LogP contribution is -2.21. The molecule has 0 saturated carbocycles. The molecule has 1 aromatic rings. The summed E-state index contributed by atoms with van der Waals surface area (Å²) in [5, 5.41) is 0. The van der Waals surface area contributed by atoms with Gasteiger partial charge in [0.2, 0.25) is 6.41 Å². The minimum Gasteiger partial charge on any atom is -0.347 e. The van der Waals surface area contributed by atoms with Gasteiger partial charge in [-0.15, -0.1) is 0 Å². The number of amides is 1. The van der Waals surface area contributed by atoms with E-state index in [-0.39, 0.29) is 6.04 Å². The van der Waals surface area contributed by atoms with Gasteiger partial charge < -0.3 is 9.88 Å². The molecule has 0 bridgehead atoms. The number of nitrogens with zero attached hydrogens (tertiary/aromatic N) is 2. The van der Waals surface area contributed by atoms with Crippen LogP contribution in [0.2, 0.25) is 0 Å². The van der Waals surface area contributed by atoms with E-state index in [4.69, 9.17) is 0 Å². The minimum atomic E-state index is 0.0162. The van der Waals surface area contributed by atoms with E-state index in [1.165, 1.54) is 0 Å². The molecule has 1 amide bonds. The zero-order valence-electron chi connectivity index (χ0n) is 6.61. The first kappa shape index (κ1) is 7.78. The van der Waals surface area contributed by atoms with E-state index in [2.05, 4.69) is 9.97 Å². The Kier molecular flexibility index (Phi) is 2.25. The highest BCUT2D eigenvalue weighted by atomic mass is 16.1. The summed E-state index contributed by atoms with van der Waals surface area (Å²) in [5.41, 5.74) is 0. The molecule has 1 heterocycles. The quantitative estimate of drug-likeness (QED) is 0.645. The van der Waals surface area contributed by atoms with E-state index in [1.807, 2.05) is 6.92 Å². The first-order valence-electron chi connectivity index (χ1n) is 3.42. The van der Waals surface area contributed by atoms with Crippen LogP contribution in [0.25, 0.3) is 0 Å². The third-order valence-electron chi connectivity index (χ3n) is 1.69. The van der Waals surface area contributed by atoms with Gasteiger partial charge in [-0.2, -0.15) is 0 Å². The van der Waals surface area contributed by atoms with Crippen LogP contribution in [0.1, 0.15) is 18.8 Å². The predicted molar refractivity (Wildman–Crippen MR) is 40.8 cm³/mol. The van der Waals surface area contributed by atoms with Crippen molar-refractivity contribution in [2.45, 2.75) is 13.0 Å². The summed E-state index contributed by atoms with van der Waals surface area (Å²) in [6, 6.07) is 0.0162. The number of hydrogen-bond donors (Lipinski definition) is 1. The Morgan fingerprint density at radius 2 is 2.55 bits per heavy atom. The molecule has 1 N–H and O–H groups in total. The number of hydrogen-bond acceptors (Lipinski definition) is 2. The summed E-state index contributed by atoms with van der Waals surface area (Å²) >= 11 is 0. The number of aromatic amines is 1. The molecule has 4 heteroatoms. The standard InChI is InChI=1S/C7H11N3O/c1-6(10(2)5-11)7-8-3-4-9-7/h3-6H,1-2H3,(H,8,9). The van der Waals surface area contributed by atoms with Crippen molar-refractivity contribution >= 4 is 6.41 Å². The Morgan fingerprint density at radius 3 is 3.00 bits per heavy atom. The number of carbonyl (C=O) groups excluding carboxylic acids is 1. The fourth-order valence-corrected chi connectivity index (χ4v) is 0.790. The number of nitrogens with one attached hydrogen (secondary N) is 1. The van der Waals surface area contributed by atoms with E-state index in [0.717, 1.165) is 12.2 Å². The van der Waals surface area contributed by atoms with Crippen molar-refractivity contribution in [2.75, 3.05) is 7.05 Å². The summed E-state index contributed by atoms with van der Waals surface area (Å²) in [6.07, 6.45) is 4.20. The van der Waals surface area contributed by atoms with Crippen LogP contribution in [0, 0.1) is 0 Å². The average molecular weight is 153 g/mol. The van der Waals surface area contributed by atoms with E-state index in [1.54, 1.807) is 24.3 Å². The van der Waals surface area contributed by atoms with Gasteiger partial charge in [0.15, 0.2) is 0 Å². The van der Waals surface area contributed by atoms with Gasteiger partial charge in [-0.1, -0.05) is 0 Å². The van der Waals surface area contributed by atoms with Crippen molar-refractivity contribution in [3.05, 3.63) is 18.2 Å². The number of H-pyrrole nitrogens is 1. The topological polar surface area (TPSA) is 49.0 Å². The molecule has 1 atom stereocenters. The maximum atomic E-state index is 10.3. The third-order valence-corrected chi connectivity index (χ3v) is 1.69. The molecular formula is C7H11N3O. The van der Waals surface area contributed by atoms with Crippen LogP contribution >= 0.6 is 0 Å². The second-order valence-corrected chi connectivity index (χ2v) is 2.42. The molecule has 4 nitrogen and oxygen atoms in total. The van der Waals surface area contributed by atoms with Crippen LogP contribution < -0.4 is 0 Å². The molecule has 1 unspecified atom stereocenters. The van der Waals surface area contributed by atoms with Gasteiger partial charge >= 0.3 is 0 Å². The highest BCUT2D eigenvalue weighted by molar-refractivity contribution is 5.47. The van der Waals surface area contributed by atoms with E-state index in [9.17, 15) is 4.79 Å². The van der Waals surface area contributed by atoms with Gasteiger partial charge in [-0.25, -0.2) is 4.98 Å². The smallest absolute Gasteiger partial charge is 0.210 e. The SMILES string of the molecule is CC(c1ncc[nH]1)N(C)C=O. The molecule has 11 heavy (non-hydrogen) atoms. The van der Waals surface area contributed by atoms with Crippen LogP contribution in [0.4, 0.5) is 0 Å². The normalized spacial score (nSPS) is 12.5. The molecule has 1 aromatic heterocycles. The molecule has 0 spiro atoms. The first-order valence-corrected chi connectivity index (χ1v) is 3.42. The van der Waals surface area contributed by atoms with Crippen molar-refractivity contribution < 1.29 is 4.79 Å². The largest absolute Gasteiger partial charge is 0.347 e.